The Labute approximate surface area is 99.7 Å². The molecule has 2 aromatic rings. The lowest BCUT2D eigenvalue weighted by Crippen LogP contribution is -2.15. The van der Waals surface area contributed by atoms with Crippen LogP contribution >= 0.6 is 0 Å². The van der Waals surface area contributed by atoms with Crippen molar-refractivity contribution in [1.82, 2.24) is 14.1 Å². The summed E-state index contributed by atoms with van der Waals surface area (Å²) in [4.78, 5) is 15.3. The van der Waals surface area contributed by atoms with E-state index < -0.39 is 0 Å². The minimum Gasteiger partial charge on any atom is -0.378 e. The van der Waals surface area contributed by atoms with Crippen LogP contribution in [0.15, 0.2) is 35.6 Å². The normalized spacial score (nSPS) is 10.5. The van der Waals surface area contributed by atoms with E-state index in [1.165, 1.54) is 0 Å². The predicted octanol–water partition coefficient (Wildman–Crippen LogP) is 1.21. The van der Waals surface area contributed by atoms with Gasteiger partial charge in [0.05, 0.1) is 24.3 Å². The lowest BCUT2D eigenvalue weighted by molar-refractivity contribution is 0.719. The average Bonchev–Trinajstić information content (AvgIpc) is 2.78. The van der Waals surface area contributed by atoms with E-state index in [4.69, 9.17) is 0 Å². The molecule has 2 rings (SSSR count). The topological polar surface area (TPSA) is 51.9 Å². The maximum atomic E-state index is 11.2. The molecule has 0 aromatic carbocycles. The molecule has 0 amide bonds. The van der Waals surface area contributed by atoms with Gasteiger partial charge in [0.25, 0.3) is 0 Å². The van der Waals surface area contributed by atoms with Crippen molar-refractivity contribution in [3.63, 3.8) is 0 Å². The number of aromatic nitrogens is 3. The molecule has 1 N–H and O–H groups in total. The van der Waals surface area contributed by atoms with Gasteiger partial charge < -0.3 is 14.5 Å². The minimum absolute atomic E-state index is 0.00542. The number of hydrogen-bond donors (Lipinski definition) is 1. The van der Waals surface area contributed by atoms with E-state index in [0.717, 1.165) is 17.9 Å². The minimum atomic E-state index is -0.00542. The van der Waals surface area contributed by atoms with Gasteiger partial charge in [-0.25, -0.2) is 4.98 Å². The molecule has 5 heteroatoms. The van der Waals surface area contributed by atoms with E-state index in [-0.39, 0.29) is 5.56 Å². The molecule has 0 aliphatic heterocycles. The molecule has 0 atom stereocenters. The van der Waals surface area contributed by atoms with Crippen LogP contribution in [0.25, 0.3) is 0 Å². The van der Waals surface area contributed by atoms with Gasteiger partial charge in [-0.05, 0) is 13.0 Å². The maximum Gasteiger partial charge on any atom is 0.250 e. The summed E-state index contributed by atoms with van der Waals surface area (Å²) < 4.78 is 3.63. The van der Waals surface area contributed by atoms with Crippen LogP contribution in [0.1, 0.15) is 12.6 Å². The van der Waals surface area contributed by atoms with Crippen molar-refractivity contribution in [2.24, 2.45) is 7.05 Å². The molecule has 0 bridgehead atoms. The third-order valence-corrected chi connectivity index (χ3v) is 2.70. The SMILES string of the molecule is CCn1cncc1CNc1ccc(=O)n(C)c1. The van der Waals surface area contributed by atoms with Gasteiger partial charge in [-0.15, -0.1) is 0 Å². The molecule has 0 aliphatic carbocycles. The molecule has 17 heavy (non-hydrogen) atoms. The number of aryl methyl sites for hydroxylation is 2. The highest BCUT2D eigenvalue weighted by atomic mass is 16.1. The number of pyridine rings is 1. The summed E-state index contributed by atoms with van der Waals surface area (Å²) in [5.41, 5.74) is 2.05. The van der Waals surface area contributed by atoms with E-state index in [0.29, 0.717) is 6.54 Å². The van der Waals surface area contributed by atoms with Gasteiger partial charge in [-0.3, -0.25) is 4.79 Å². The van der Waals surface area contributed by atoms with Crippen molar-refractivity contribution in [3.05, 3.63) is 46.9 Å². The second-order valence-corrected chi connectivity index (χ2v) is 3.89. The third-order valence-electron chi connectivity index (χ3n) is 2.70. The lowest BCUT2D eigenvalue weighted by atomic mass is 10.3. The Bertz CT molecular complexity index is 556. The zero-order valence-electron chi connectivity index (χ0n) is 10.1. The molecule has 2 aromatic heterocycles. The number of hydrogen-bond acceptors (Lipinski definition) is 3. The molecule has 0 spiro atoms. The van der Waals surface area contributed by atoms with Gasteiger partial charge in [-0.1, -0.05) is 0 Å². The number of anilines is 1. The van der Waals surface area contributed by atoms with Gasteiger partial charge in [0.1, 0.15) is 0 Å². The number of imidazole rings is 1. The molecule has 0 saturated carbocycles. The zero-order valence-corrected chi connectivity index (χ0v) is 10.1. The fourth-order valence-corrected chi connectivity index (χ4v) is 1.67. The number of nitrogens with one attached hydrogen (secondary N) is 1. The van der Waals surface area contributed by atoms with Crippen molar-refractivity contribution >= 4 is 5.69 Å². The summed E-state index contributed by atoms with van der Waals surface area (Å²) in [6.07, 6.45) is 5.45. The first kappa shape index (κ1) is 11.4. The molecular formula is C12H16N4O. The van der Waals surface area contributed by atoms with Gasteiger partial charge in [-0.2, -0.15) is 0 Å². The Hall–Kier alpha value is -2.04. The summed E-state index contributed by atoms with van der Waals surface area (Å²) in [5, 5.41) is 3.27. The second-order valence-electron chi connectivity index (χ2n) is 3.89. The van der Waals surface area contributed by atoms with Crippen molar-refractivity contribution in [2.45, 2.75) is 20.0 Å². The Morgan fingerprint density at radius 1 is 1.41 bits per heavy atom. The van der Waals surface area contributed by atoms with Gasteiger partial charge >= 0.3 is 0 Å². The smallest absolute Gasteiger partial charge is 0.250 e. The first-order valence-electron chi connectivity index (χ1n) is 5.60. The van der Waals surface area contributed by atoms with Crippen molar-refractivity contribution in [3.8, 4) is 0 Å². The molecular weight excluding hydrogens is 216 g/mol. The zero-order chi connectivity index (χ0) is 12.3. The van der Waals surface area contributed by atoms with Gasteiger partial charge in [0, 0.05) is 32.1 Å². The van der Waals surface area contributed by atoms with Gasteiger partial charge in [0.2, 0.25) is 5.56 Å². The predicted molar refractivity (Wildman–Crippen MR) is 66.9 cm³/mol. The monoisotopic (exact) mass is 232 g/mol. The fraction of sp³-hybridized carbons (Fsp3) is 0.333. The molecule has 0 radical (unpaired) electrons. The molecule has 0 fully saturated rings. The quantitative estimate of drug-likeness (QED) is 0.862. The maximum absolute atomic E-state index is 11.2. The largest absolute Gasteiger partial charge is 0.378 e. The summed E-state index contributed by atoms with van der Waals surface area (Å²) in [6.45, 7) is 3.69. The summed E-state index contributed by atoms with van der Waals surface area (Å²) in [6, 6.07) is 3.34. The lowest BCUT2D eigenvalue weighted by Gasteiger charge is -2.09. The Kier molecular flexibility index (Phi) is 3.27. The molecule has 0 aliphatic rings. The average molecular weight is 232 g/mol. The Balaban J connectivity index is 2.07. The van der Waals surface area contributed by atoms with Crippen molar-refractivity contribution in [1.29, 1.82) is 0 Å². The fourth-order valence-electron chi connectivity index (χ4n) is 1.67. The number of nitrogens with zero attached hydrogens (tertiary/aromatic N) is 3. The van der Waals surface area contributed by atoms with E-state index in [2.05, 4.69) is 21.8 Å². The van der Waals surface area contributed by atoms with Crippen molar-refractivity contribution in [2.75, 3.05) is 5.32 Å². The molecule has 90 valence electrons. The highest BCUT2D eigenvalue weighted by molar-refractivity contribution is 5.40. The first-order valence-corrected chi connectivity index (χ1v) is 5.60. The first-order chi connectivity index (χ1) is 8.20. The van der Waals surface area contributed by atoms with Crippen LogP contribution in [0.4, 0.5) is 5.69 Å². The highest BCUT2D eigenvalue weighted by Gasteiger charge is 2.00. The second kappa shape index (κ2) is 4.86. The van der Waals surface area contributed by atoms with Crippen LogP contribution < -0.4 is 10.9 Å². The van der Waals surface area contributed by atoms with E-state index in [1.807, 2.05) is 12.5 Å². The third kappa shape index (κ3) is 2.55. The van der Waals surface area contributed by atoms with E-state index >= 15 is 0 Å². The number of rotatable bonds is 4. The van der Waals surface area contributed by atoms with Crippen molar-refractivity contribution < 1.29 is 0 Å². The van der Waals surface area contributed by atoms with Crippen LogP contribution in [-0.4, -0.2) is 14.1 Å². The van der Waals surface area contributed by atoms with Crippen LogP contribution in [0, 0.1) is 0 Å². The van der Waals surface area contributed by atoms with Crippen LogP contribution in [0.5, 0.6) is 0 Å². The Morgan fingerprint density at radius 2 is 2.24 bits per heavy atom. The molecule has 0 unspecified atom stereocenters. The van der Waals surface area contributed by atoms with Crippen LogP contribution in [-0.2, 0) is 20.1 Å². The standard InChI is InChI=1S/C12H16N4O/c1-3-16-9-13-6-11(16)7-14-10-4-5-12(17)15(2)8-10/h4-6,8-9,14H,3,7H2,1-2H3. The molecule has 0 saturated heterocycles. The van der Waals surface area contributed by atoms with E-state index in [1.54, 1.807) is 29.9 Å². The Morgan fingerprint density at radius 3 is 2.94 bits per heavy atom. The summed E-state index contributed by atoms with van der Waals surface area (Å²) in [5.74, 6) is 0. The van der Waals surface area contributed by atoms with Crippen LogP contribution in [0.3, 0.4) is 0 Å². The van der Waals surface area contributed by atoms with E-state index in [9.17, 15) is 4.79 Å². The van der Waals surface area contributed by atoms with Crippen LogP contribution in [0.2, 0.25) is 0 Å². The van der Waals surface area contributed by atoms with Gasteiger partial charge in [0.15, 0.2) is 0 Å². The molecule has 2 heterocycles. The molecule has 5 nitrogen and oxygen atoms in total. The highest BCUT2D eigenvalue weighted by Crippen LogP contribution is 2.06. The summed E-state index contributed by atoms with van der Waals surface area (Å²) >= 11 is 0. The summed E-state index contributed by atoms with van der Waals surface area (Å²) in [7, 11) is 1.74.